The summed E-state index contributed by atoms with van der Waals surface area (Å²) in [5.41, 5.74) is 0. The maximum Gasteiger partial charge on any atom is 0.165 e. The summed E-state index contributed by atoms with van der Waals surface area (Å²) in [4.78, 5) is 2.15. The molecule has 0 saturated carbocycles. The summed E-state index contributed by atoms with van der Waals surface area (Å²) < 4.78 is 1.83. The first-order valence-corrected chi connectivity index (χ1v) is 5.79. The highest BCUT2D eigenvalue weighted by molar-refractivity contribution is 4.82. The Morgan fingerprint density at radius 2 is 2.19 bits per heavy atom. The minimum atomic E-state index is 0.160. The van der Waals surface area contributed by atoms with Gasteiger partial charge in [-0.1, -0.05) is 6.92 Å². The Morgan fingerprint density at radius 3 is 2.75 bits per heavy atom. The van der Waals surface area contributed by atoms with Gasteiger partial charge in [0.2, 0.25) is 0 Å². The van der Waals surface area contributed by atoms with Crippen LogP contribution in [0, 0.1) is 0 Å². The molecule has 1 aromatic rings. The highest BCUT2D eigenvalue weighted by atomic mass is 16.3. The van der Waals surface area contributed by atoms with Gasteiger partial charge in [-0.3, -0.25) is 4.90 Å². The van der Waals surface area contributed by atoms with Crippen LogP contribution < -0.4 is 0 Å². The molecule has 0 atom stereocenters. The molecule has 0 aliphatic rings. The van der Waals surface area contributed by atoms with Crippen molar-refractivity contribution in [1.29, 1.82) is 0 Å². The van der Waals surface area contributed by atoms with Crippen molar-refractivity contribution < 1.29 is 5.11 Å². The molecule has 92 valence electrons. The van der Waals surface area contributed by atoms with E-state index in [0.29, 0.717) is 19.1 Å². The Balaban J connectivity index is 2.65. The highest BCUT2D eigenvalue weighted by Gasteiger charge is 2.13. The van der Waals surface area contributed by atoms with Crippen LogP contribution >= 0.6 is 0 Å². The third-order valence-electron chi connectivity index (χ3n) is 2.50. The van der Waals surface area contributed by atoms with E-state index in [1.807, 2.05) is 4.68 Å². The molecule has 1 heterocycles. The van der Waals surface area contributed by atoms with Crippen molar-refractivity contribution in [2.24, 2.45) is 0 Å². The van der Waals surface area contributed by atoms with E-state index in [1.54, 1.807) is 0 Å². The lowest BCUT2D eigenvalue weighted by Gasteiger charge is -2.24. The number of aryl methyl sites for hydroxylation is 1. The molecule has 0 spiro atoms. The topological polar surface area (TPSA) is 67.1 Å². The second kappa shape index (κ2) is 6.55. The van der Waals surface area contributed by atoms with Crippen LogP contribution in [0.5, 0.6) is 0 Å². The van der Waals surface area contributed by atoms with Crippen molar-refractivity contribution in [3.63, 3.8) is 0 Å². The number of rotatable bonds is 7. The van der Waals surface area contributed by atoms with E-state index in [-0.39, 0.29) is 6.61 Å². The molecule has 0 saturated heterocycles. The number of tetrazole rings is 1. The third-order valence-corrected chi connectivity index (χ3v) is 2.50. The zero-order chi connectivity index (χ0) is 12.0. The van der Waals surface area contributed by atoms with Gasteiger partial charge in [-0.25, -0.2) is 4.68 Å². The summed E-state index contributed by atoms with van der Waals surface area (Å²) in [5.74, 6) is 0.865. The minimum absolute atomic E-state index is 0.160. The van der Waals surface area contributed by atoms with E-state index in [4.69, 9.17) is 5.11 Å². The average molecular weight is 227 g/mol. The van der Waals surface area contributed by atoms with E-state index in [1.165, 1.54) is 0 Å². The summed E-state index contributed by atoms with van der Waals surface area (Å²) in [6, 6.07) is 0.374. The zero-order valence-electron chi connectivity index (χ0n) is 10.3. The molecule has 0 aliphatic carbocycles. The van der Waals surface area contributed by atoms with E-state index in [2.05, 4.69) is 41.2 Å². The smallest absolute Gasteiger partial charge is 0.165 e. The SMILES string of the molecule is CCCn1nnnc1CN(CCO)C(C)C. The first-order valence-electron chi connectivity index (χ1n) is 5.79. The van der Waals surface area contributed by atoms with Crippen molar-refractivity contribution in [3.8, 4) is 0 Å². The van der Waals surface area contributed by atoms with E-state index in [0.717, 1.165) is 18.8 Å². The van der Waals surface area contributed by atoms with E-state index >= 15 is 0 Å². The fraction of sp³-hybridized carbons (Fsp3) is 0.900. The predicted molar refractivity (Wildman–Crippen MR) is 60.7 cm³/mol. The number of hydrogen-bond acceptors (Lipinski definition) is 5. The number of nitrogens with zero attached hydrogens (tertiary/aromatic N) is 5. The Labute approximate surface area is 96.3 Å². The second-order valence-electron chi connectivity index (χ2n) is 4.11. The van der Waals surface area contributed by atoms with Gasteiger partial charge in [0.25, 0.3) is 0 Å². The van der Waals surface area contributed by atoms with Crippen molar-refractivity contribution in [3.05, 3.63) is 5.82 Å². The van der Waals surface area contributed by atoms with E-state index in [9.17, 15) is 0 Å². The van der Waals surface area contributed by atoms with Crippen LogP contribution in [0.1, 0.15) is 33.0 Å². The van der Waals surface area contributed by atoms with Crippen LogP contribution in [-0.4, -0.2) is 49.4 Å². The van der Waals surface area contributed by atoms with Crippen LogP contribution in [0.15, 0.2) is 0 Å². The maximum absolute atomic E-state index is 8.99. The van der Waals surface area contributed by atoms with Crippen molar-refractivity contribution in [1.82, 2.24) is 25.1 Å². The molecule has 0 unspecified atom stereocenters. The average Bonchev–Trinajstić information content (AvgIpc) is 2.65. The lowest BCUT2D eigenvalue weighted by molar-refractivity contribution is 0.154. The van der Waals surface area contributed by atoms with Gasteiger partial charge >= 0.3 is 0 Å². The van der Waals surface area contributed by atoms with Crippen LogP contribution in [0.2, 0.25) is 0 Å². The molecule has 0 amide bonds. The Morgan fingerprint density at radius 1 is 1.44 bits per heavy atom. The summed E-state index contributed by atoms with van der Waals surface area (Å²) in [5, 5.41) is 20.6. The van der Waals surface area contributed by atoms with Gasteiger partial charge in [0.15, 0.2) is 5.82 Å². The number of hydrogen-bond donors (Lipinski definition) is 1. The molecule has 0 radical (unpaired) electrons. The summed E-state index contributed by atoms with van der Waals surface area (Å²) in [7, 11) is 0. The molecule has 0 fully saturated rings. The van der Waals surface area contributed by atoms with Crippen LogP contribution in [0.4, 0.5) is 0 Å². The standard InChI is InChI=1S/C10H21N5O/c1-4-5-15-10(11-12-13-15)8-14(6-7-16)9(2)3/h9,16H,4-8H2,1-3H3. The summed E-state index contributed by atoms with van der Waals surface area (Å²) >= 11 is 0. The Kier molecular flexibility index (Phi) is 5.34. The molecule has 0 aromatic carbocycles. The summed E-state index contributed by atoms with van der Waals surface area (Å²) in [6.45, 7) is 8.63. The fourth-order valence-electron chi connectivity index (χ4n) is 1.55. The maximum atomic E-state index is 8.99. The van der Waals surface area contributed by atoms with Crippen molar-refractivity contribution in [2.45, 2.75) is 46.3 Å². The van der Waals surface area contributed by atoms with E-state index < -0.39 is 0 Å². The number of aliphatic hydroxyl groups is 1. The minimum Gasteiger partial charge on any atom is -0.395 e. The molecule has 6 nitrogen and oxygen atoms in total. The molecule has 1 aromatic heterocycles. The van der Waals surface area contributed by atoms with Crippen molar-refractivity contribution >= 4 is 0 Å². The lowest BCUT2D eigenvalue weighted by Crippen LogP contribution is -2.34. The molecule has 1 rings (SSSR count). The highest BCUT2D eigenvalue weighted by Crippen LogP contribution is 2.05. The van der Waals surface area contributed by atoms with Crippen LogP contribution in [0.25, 0.3) is 0 Å². The molecular weight excluding hydrogens is 206 g/mol. The Bertz CT molecular complexity index is 299. The molecular formula is C10H21N5O. The van der Waals surface area contributed by atoms with Crippen LogP contribution in [-0.2, 0) is 13.1 Å². The van der Waals surface area contributed by atoms with Gasteiger partial charge in [-0.2, -0.15) is 0 Å². The normalized spacial score (nSPS) is 11.6. The fourth-order valence-corrected chi connectivity index (χ4v) is 1.55. The second-order valence-corrected chi connectivity index (χ2v) is 4.11. The molecule has 16 heavy (non-hydrogen) atoms. The molecule has 6 heteroatoms. The lowest BCUT2D eigenvalue weighted by atomic mass is 10.3. The van der Waals surface area contributed by atoms with Gasteiger partial charge in [0.1, 0.15) is 0 Å². The Hall–Kier alpha value is -1.01. The summed E-state index contributed by atoms with van der Waals surface area (Å²) in [6.07, 6.45) is 1.01. The van der Waals surface area contributed by atoms with Crippen molar-refractivity contribution in [2.75, 3.05) is 13.2 Å². The molecule has 0 bridgehead atoms. The molecule has 1 N–H and O–H groups in total. The first kappa shape index (κ1) is 13.1. The molecule has 0 aliphatic heterocycles. The first-order chi connectivity index (χ1) is 7.69. The van der Waals surface area contributed by atoms with Gasteiger partial charge in [0.05, 0.1) is 13.2 Å². The third kappa shape index (κ3) is 3.53. The van der Waals surface area contributed by atoms with Gasteiger partial charge < -0.3 is 5.11 Å². The number of aliphatic hydroxyl groups excluding tert-OH is 1. The quantitative estimate of drug-likeness (QED) is 0.725. The monoisotopic (exact) mass is 227 g/mol. The predicted octanol–water partition coefficient (Wildman–Crippen LogP) is 0.286. The number of aromatic nitrogens is 4. The van der Waals surface area contributed by atoms with Gasteiger partial charge in [0, 0.05) is 19.1 Å². The van der Waals surface area contributed by atoms with Crippen LogP contribution in [0.3, 0.4) is 0 Å². The zero-order valence-corrected chi connectivity index (χ0v) is 10.3. The van der Waals surface area contributed by atoms with Gasteiger partial charge in [-0.05, 0) is 30.7 Å². The largest absolute Gasteiger partial charge is 0.395 e. The van der Waals surface area contributed by atoms with Gasteiger partial charge in [-0.15, -0.1) is 5.10 Å².